The molecule has 1 aliphatic rings. The molecule has 4 nitrogen and oxygen atoms in total. The monoisotopic (exact) mass is 380 g/mol. The predicted octanol–water partition coefficient (Wildman–Crippen LogP) is 4.46. The second-order valence-electron chi connectivity index (χ2n) is 7.20. The summed E-state index contributed by atoms with van der Waals surface area (Å²) in [6.45, 7) is 0.384. The van der Waals surface area contributed by atoms with E-state index in [4.69, 9.17) is 0 Å². The zero-order valence-electron chi connectivity index (χ0n) is 15.7. The van der Waals surface area contributed by atoms with Crippen LogP contribution in [0.4, 0.5) is 5.69 Å². The molecule has 3 aromatic carbocycles. The molecule has 0 saturated carbocycles. The quantitative estimate of drug-likeness (QED) is 0.549. The molecule has 2 heterocycles. The van der Waals surface area contributed by atoms with Crippen LogP contribution in [0.1, 0.15) is 16.7 Å². The van der Waals surface area contributed by atoms with E-state index in [1.165, 1.54) is 0 Å². The molecular weight excluding hydrogens is 360 g/mol. The molecule has 0 aliphatic carbocycles. The fraction of sp³-hybridized carbons (Fsp3) is 0.0800. The summed E-state index contributed by atoms with van der Waals surface area (Å²) < 4.78 is 0. The molecule has 29 heavy (non-hydrogen) atoms. The summed E-state index contributed by atoms with van der Waals surface area (Å²) in [6, 6.07) is 25.1. The first-order valence-corrected chi connectivity index (χ1v) is 9.61. The fourth-order valence-corrected chi connectivity index (χ4v) is 4.11. The van der Waals surface area contributed by atoms with Gasteiger partial charge < -0.3 is 15.0 Å². The number of aromatic nitrogens is 1. The lowest BCUT2D eigenvalue weighted by Crippen LogP contribution is -2.41. The number of anilines is 1. The Morgan fingerprint density at radius 3 is 2.48 bits per heavy atom. The van der Waals surface area contributed by atoms with Crippen LogP contribution in [0.5, 0.6) is 0 Å². The molecule has 0 radical (unpaired) electrons. The van der Waals surface area contributed by atoms with Crippen LogP contribution in [0.15, 0.2) is 91.1 Å². The summed E-state index contributed by atoms with van der Waals surface area (Å²) in [7, 11) is 0. The molecule has 2 N–H and O–H groups in total. The lowest BCUT2D eigenvalue weighted by Gasteiger charge is -2.22. The maximum atomic E-state index is 13.5. The van der Waals surface area contributed by atoms with Gasteiger partial charge in [-0.1, -0.05) is 78.9 Å². The highest BCUT2D eigenvalue weighted by Gasteiger charge is 2.51. The number of nitrogens with zero attached hydrogens (tertiary/aromatic N) is 1. The van der Waals surface area contributed by atoms with Gasteiger partial charge in [-0.05, 0) is 17.7 Å². The number of hydrogen-bond acceptors (Lipinski definition) is 2. The number of amides is 1. The number of carbonyl (C=O) groups is 1. The van der Waals surface area contributed by atoms with Gasteiger partial charge >= 0.3 is 0 Å². The minimum atomic E-state index is -1.71. The first-order chi connectivity index (χ1) is 14.2. The van der Waals surface area contributed by atoms with Gasteiger partial charge in [0.05, 0.1) is 5.69 Å². The summed E-state index contributed by atoms with van der Waals surface area (Å²) in [6.07, 6.45) is 5.67. The molecule has 1 aliphatic heterocycles. The van der Waals surface area contributed by atoms with E-state index in [-0.39, 0.29) is 5.91 Å². The first-order valence-electron chi connectivity index (χ1n) is 9.61. The van der Waals surface area contributed by atoms with Crippen LogP contribution < -0.4 is 4.90 Å². The Kier molecular flexibility index (Phi) is 4.07. The normalized spacial score (nSPS) is 18.7. The summed E-state index contributed by atoms with van der Waals surface area (Å²) in [5.41, 5.74) is 2.19. The zero-order chi connectivity index (χ0) is 19.8. The van der Waals surface area contributed by atoms with E-state index in [9.17, 15) is 9.90 Å². The number of para-hydroxylation sites is 2. The highest BCUT2D eigenvalue weighted by molar-refractivity contribution is 6.11. The Labute approximate surface area is 168 Å². The van der Waals surface area contributed by atoms with Crippen LogP contribution >= 0.6 is 0 Å². The average molecular weight is 380 g/mol. The minimum absolute atomic E-state index is 0.332. The summed E-state index contributed by atoms with van der Waals surface area (Å²) in [4.78, 5) is 18.3. The molecule has 0 saturated heterocycles. The number of aliphatic hydroxyl groups is 1. The molecule has 1 aromatic heterocycles. The summed E-state index contributed by atoms with van der Waals surface area (Å²) >= 11 is 0. The number of fused-ring (bicyclic) bond motifs is 2. The van der Waals surface area contributed by atoms with Crippen LogP contribution in [-0.2, 0) is 10.4 Å². The fourth-order valence-electron chi connectivity index (χ4n) is 4.11. The number of benzene rings is 3. The van der Waals surface area contributed by atoms with Crippen molar-refractivity contribution in [3.63, 3.8) is 0 Å². The van der Waals surface area contributed by atoms with Crippen LogP contribution in [-0.4, -0.2) is 22.5 Å². The van der Waals surface area contributed by atoms with E-state index in [0.717, 1.165) is 22.2 Å². The highest BCUT2D eigenvalue weighted by atomic mass is 16.3. The van der Waals surface area contributed by atoms with Gasteiger partial charge in [-0.3, -0.25) is 4.79 Å². The second kappa shape index (κ2) is 6.76. The van der Waals surface area contributed by atoms with Crippen molar-refractivity contribution in [2.75, 3.05) is 11.4 Å². The van der Waals surface area contributed by atoms with Crippen LogP contribution in [0, 0.1) is 0 Å². The van der Waals surface area contributed by atoms with E-state index in [0.29, 0.717) is 17.7 Å². The third-order valence-electron chi connectivity index (χ3n) is 5.52. The molecule has 4 aromatic rings. The highest BCUT2D eigenvalue weighted by Crippen LogP contribution is 2.46. The number of nitrogens with one attached hydrogen (secondary N) is 1. The van der Waals surface area contributed by atoms with E-state index in [2.05, 4.69) is 4.98 Å². The lowest BCUT2D eigenvalue weighted by atomic mass is 9.87. The largest absolute Gasteiger partial charge is 0.372 e. The second-order valence-corrected chi connectivity index (χ2v) is 7.20. The van der Waals surface area contributed by atoms with E-state index >= 15 is 0 Å². The minimum Gasteiger partial charge on any atom is -0.372 e. The molecule has 0 spiro atoms. The molecular formula is C25H20N2O2. The van der Waals surface area contributed by atoms with Crippen molar-refractivity contribution in [1.29, 1.82) is 0 Å². The van der Waals surface area contributed by atoms with Crippen molar-refractivity contribution >= 4 is 28.6 Å². The standard InChI is InChI=1S/C25H20N2O2/c28-24-25(29,21-17-26-22-14-6-4-12-19(21)22)20-13-5-7-15-23(20)27(24)16-8-11-18-9-2-1-3-10-18/h1-15,17,26,29H,16H2/b11-8+/t25-/m0/s1. The number of aromatic amines is 1. The van der Waals surface area contributed by atoms with Crippen molar-refractivity contribution < 1.29 is 9.90 Å². The van der Waals surface area contributed by atoms with Crippen LogP contribution in [0.3, 0.4) is 0 Å². The van der Waals surface area contributed by atoms with Gasteiger partial charge in [0.25, 0.3) is 5.91 Å². The average Bonchev–Trinajstić information content (AvgIpc) is 3.29. The third kappa shape index (κ3) is 2.69. The van der Waals surface area contributed by atoms with Gasteiger partial charge in [-0.15, -0.1) is 0 Å². The van der Waals surface area contributed by atoms with E-state index < -0.39 is 5.60 Å². The molecule has 1 atom stereocenters. The van der Waals surface area contributed by atoms with Crippen molar-refractivity contribution in [2.45, 2.75) is 5.60 Å². The Balaban J connectivity index is 1.56. The Hall–Kier alpha value is -3.63. The zero-order valence-corrected chi connectivity index (χ0v) is 15.7. The number of rotatable bonds is 4. The van der Waals surface area contributed by atoms with Crippen molar-refractivity contribution in [1.82, 2.24) is 4.98 Å². The van der Waals surface area contributed by atoms with Crippen molar-refractivity contribution in [3.05, 3.63) is 108 Å². The number of carbonyl (C=O) groups excluding carboxylic acids is 1. The molecule has 1 amide bonds. The predicted molar refractivity (Wildman–Crippen MR) is 116 cm³/mol. The Morgan fingerprint density at radius 1 is 0.897 bits per heavy atom. The maximum Gasteiger partial charge on any atom is 0.268 e. The van der Waals surface area contributed by atoms with Gasteiger partial charge in [-0.25, -0.2) is 0 Å². The van der Waals surface area contributed by atoms with Crippen LogP contribution in [0.25, 0.3) is 17.0 Å². The SMILES string of the molecule is O=C1N(C/C=C/c2ccccc2)c2ccccc2[C@]1(O)c1c[nH]c2ccccc12. The summed E-state index contributed by atoms with van der Waals surface area (Å²) in [5.74, 6) is -0.332. The molecule has 0 unspecified atom stereocenters. The molecule has 142 valence electrons. The van der Waals surface area contributed by atoms with Gasteiger partial charge in [-0.2, -0.15) is 0 Å². The first kappa shape index (κ1) is 17.5. The smallest absolute Gasteiger partial charge is 0.268 e. The molecule has 0 fully saturated rings. The maximum absolute atomic E-state index is 13.5. The van der Waals surface area contributed by atoms with Gasteiger partial charge in [0.15, 0.2) is 5.60 Å². The van der Waals surface area contributed by atoms with Gasteiger partial charge in [0.1, 0.15) is 0 Å². The molecule has 4 heteroatoms. The lowest BCUT2D eigenvalue weighted by molar-refractivity contribution is -0.131. The van der Waals surface area contributed by atoms with E-state index in [1.54, 1.807) is 11.1 Å². The topological polar surface area (TPSA) is 56.3 Å². The van der Waals surface area contributed by atoms with Gasteiger partial charge in [0.2, 0.25) is 0 Å². The van der Waals surface area contributed by atoms with Crippen molar-refractivity contribution in [2.24, 2.45) is 0 Å². The Morgan fingerprint density at radius 2 is 1.62 bits per heavy atom. The van der Waals surface area contributed by atoms with Crippen molar-refractivity contribution in [3.8, 4) is 0 Å². The number of H-pyrrole nitrogens is 1. The summed E-state index contributed by atoms with van der Waals surface area (Å²) in [5, 5.41) is 12.6. The van der Waals surface area contributed by atoms with E-state index in [1.807, 2.05) is 91.0 Å². The Bertz CT molecular complexity index is 1230. The van der Waals surface area contributed by atoms with Crippen LogP contribution in [0.2, 0.25) is 0 Å². The molecule has 5 rings (SSSR count). The third-order valence-corrected chi connectivity index (χ3v) is 5.52. The van der Waals surface area contributed by atoms with Gasteiger partial charge in [0, 0.05) is 34.8 Å². The number of hydrogen-bond donors (Lipinski definition) is 2. The molecule has 0 bridgehead atoms.